The highest BCUT2D eigenvalue weighted by Crippen LogP contribution is 2.18. The van der Waals surface area contributed by atoms with Gasteiger partial charge in [-0.2, -0.15) is 0 Å². The highest BCUT2D eigenvalue weighted by molar-refractivity contribution is 9.10. The van der Waals surface area contributed by atoms with Crippen LogP contribution in [0.1, 0.15) is 11.3 Å². The van der Waals surface area contributed by atoms with Crippen LogP contribution in [-0.2, 0) is 20.6 Å². The molecule has 0 spiro atoms. The lowest BCUT2D eigenvalue weighted by Gasteiger charge is -2.09. The molecule has 0 bridgehead atoms. The Hall–Kier alpha value is -2.43. The monoisotopic (exact) mass is 506 g/mol. The van der Waals surface area contributed by atoms with Gasteiger partial charge < -0.3 is 5.32 Å². The lowest BCUT2D eigenvalue weighted by Crippen LogP contribution is -2.16. The van der Waals surface area contributed by atoms with Crippen LogP contribution in [0.5, 0.6) is 0 Å². The molecule has 0 saturated heterocycles. The van der Waals surface area contributed by atoms with Crippen LogP contribution in [0, 0.1) is 6.92 Å². The highest BCUT2D eigenvalue weighted by Gasteiger charge is 2.16. The number of anilines is 2. The second kappa shape index (κ2) is 10.1. The van der Waals surface area contributed by atoms with Crippen LogP contribution < -0.4 is 10.0 Å². The molecule has 0 aliphatic carbocycles. The highest BCUT2D eigenvalue weighted by atomic mass is 79.9. The Bertz CT molecular complexity index is 1120. The number of rotatable bonds is 8. The molecule has 7 nitrogen and oxygen atoms in total. The molecule has 10 heteroatoms. The number of aryl methyl sites for hydroxylation is 1. The van der Waals surface area contributed by atoms with Crippen molar-refractivity contribution in [3.05, 3.63) is 76.5 Å². The molecule has 0 aliphatic rings. The number of amides is 1. The molecule has 0 aliphatic heterocycles. The van der Waals surface area contributed by atoms with Gasteiger partial charge in [0.15, 0.2) is 0 Å². The molecule has 3 rings (SSSR count). The summed E-state index contributed by atoms with van der Waals surface area (Å²) in [6, 6.07) is 15.5. The first-order valence-corrected chi connectivity index (χ1v) is 12.3. The second-order valence-corrected chi connectivity index (χ2v) is 9.90. The zero-order valence-electron chi connectivity index (χ0n) is 16.0. The zero-order valence-corrected chi connectivity index (χ0v) is 19.2. The van der Waals surface area contributed by atoms with E-state index in [0.717, 1.165) is 15.8 Å². The smallest absolute Gasteiger partial charge is 0.264 e. The maximum atomic E-state index is 12.5. The van der Waals surface area contributed by atoms with Gasteiger partial charge in [-0.15, -0.1) is 11.8 Å². The number of carbonyl (C=O) groups excluding carboxylic acids is 1. The lowest BCUT2D eigenvalue weighted by atomic mass is 10.2. The molecule has 0 radical (unpaired) electrons. The minimum absolute atomic E-state index is 0.00942. The number of aromatic nitrogens is 2. The summed E-state index contributed by atoms with van der Waals surface area (Å²) in [7, 11) is -3.82. The van der Waals surface area contributed by atoms with Crippen molar-refractivity contribution in [3.8, 4) is 0 Å². The van der Waals surface area contributed by atoms with E-state index in [1.54, 1.807) is 25.1 Å². The lowest BCUT2D eigenvalue weighted by molar-refractivity contribution is -0.113. The number of hydrogen-bond acceptors (Lipinski definition) is 6. The van der Waals surface area contributed by atoms with Crippen LogP contribution >= 0.6 is 27.7 Å². The van der Waals surface area contributed by atoms with Crippen molar-refractivity contribution in [1.29, 1.82) is 0 Å². The average molecular weight is 507 g/mol. The molecule has 1 aromatic heterocycles. The third-order valence-corrected chi connectivity index (χ3v) is 6.76. The summed E-state index contributed by atoms with van der Waals surface area (Å²) < 4.78 is 28.3. The number of hydrogen-bond donors (Lipinski definition) is 2. The maximum absolute atomic E-state index is 12.5. The van der Waals surface area contributed by atoms with E-state index in [9.17, 15) is 13.2 Å². The van der Waals surface area contributed by atoms with Crippen molar-refractivity contribution in [2.24, 2.45) is 0 Å². The number of benzene rings is 2. The van der Waals surface area contributed by atoms with Gasteiger partial charge in [-0.05, 0) is 55.0 Å². The number of carbonyl (C=O) groups is 1. The fourth-order valence-corrected chi connectivity index (χ4v) is 4.44. The molecule has 3 aromatic rings. The Morgan fingerprint density at radius 3 is 2.43 bits per heavy atom. The molecular weight excluding hydrogens is 488 g/mol. The third kappa shape index (κ3) is 6.54. The number of thioether (sulfide) groups is 1. The molecule has 0 fully saturated rings. The molecule has 2 N–H and O–H groups in total. The van der Waals surface area contributed by atoms with E-state index in [1.165, 1.54) is 30.1 Å². The van der Waals surface area contributed by atoms with Gasteiger partial charge in [0, 0.05) is 27.8 Å². The van der Waals surface area contributed by atoms with Crippen molar-refractivity contribution in [3.63, 3.8) is 0 Å². The topological polar surface area (TPSA) is 101 Å². The normalized spacial score (nSPS) is 11.1. The van der Waals surface area contributed by atoms with Crippen LogP contribution in [0.25, 0.3) is 0 Å². The van der Waals surface area contributed by atoms with Gasteiger partial charge in [-0.1, -0.05) is 28.1 Å². The summed E-state index contributed by atoms with van der Waals surface area (Å²) in [5.41, 5.74) is 2.31. The van der Waals surface area contributed by atoms with E-state index in [1.807, 2.05) is 24.3 Å². The SMILES string of the molecule is Cc1ccnc(NS(=O)(=O)c2ccc(NC(=O)CSCc3ccc(Br)cc3)cc2)n1. The maximum Gasteiger partial charge on any atom is 0.264 e. The van der Waals surface area contributed by atoms with Gasteiger partial charge in [0.25, 0.3) is 10.0 Å². The van der Waals surface area contributed by atoms with Crippen molar-refractivity contribution in [2.75, 3.05) is 15.8 Å². The fourth-order valence-electron chi connectivity index (χ4n) is 2.43. The van der Waals surface area contributed by atoms with Crippen LogP contribution in [0.15, 0.2) is 70.2 Å². The van der Waals surface area contributed by atoms with Gasteiger partial charge in [-0.3, -0.25) is 4.79 Å². The first-order valence-electron chi connectivity index (χ1n) is 8.86. The van der Waals surface area contributed by atoms with Crippen LogP contribution in [0.2, 0.25) is 0 Å². The van der Waals surface area contributed by atoms with Gasteiger partial charge >= 0.3 is 0 Å². The van der Waals surface area contributed by atoms with E-state index < -0.39 is 10.0 Å². The third-order valence-electron chi connectivity index (χ3n) is 3.88. The number of halogens is 1. The van der Waals surface area contributed by atoms with Crippen molar-refractivity contribution in [1.82, 2.24) is 9.97 Å². The molecule has 156 valence electrons. The fraction of sp³-hybridized carbons (Fsp3) is 0.150. The molecule has 0 unspecified atom stereocenters. The average Bonchev–Trinajstić information content (AvgIpc) is 2.69. The molecule has 0 atom stereocenters. The number of nitrogens with one attached hydrogen (secondary N) is 2. The van der Waals surface area contributed by atoms with E-state index in [2.05, 4.69) is 35.9 Å². The Morgan fingerprint density at radius 1 is 1.07 bits per heavy atom. The molecule has 1 heterocycles. The van der Waals surface area contributed by atoms with Gasteiger partial charge in [-0.25, -0.2) is 23.1 Å². The molecule has 0 saturated carbocycles. The predicted octanol–water partition coefficient (Wildman–Crippen LogP) is 4.22. The molecular formula is C20H19BrN4O3S2. The van der Waals surface area contributed by atoms with E-state index in [-0.39, 0.29) is 16.8 Å². The molecule has 30 heavy (non-hydrogen) atoms. The van der Waals surface area contributed by atoms with Crippen molar-refractivity contribution in [2.45, 2.75) is 17.6 Å². The summed E-state index contributed by atoms with van der Waals surface area (Å²) in [6.07, 6.45) is 1.48. The van der Waals surface area contributed by atoms with E-state index in [4.69, 9.17) is 0 Å². The standard InChI is InChI=1S/C20H19BrN4O3S2/c1-14-10-11-22-20(23-14)25-30(27,28)18-8-6-17(7-9-18)24-19(26)13-29-12-15-2-4-16(21)5-3-15/h2-11H,12-13H2,1H3,(H,24,26)(H,22,23,25). The quantitative estimate of drug-likeness (QED) is 0.474. The summed E-state index contributed by atoms with van der Waals surface area (Å²) in [5, 5.41) is 2.77. The summed E-state index contributed by atoms with van der Waals surface area (Å²) in [5.74, 6) is 0.877. The van der Waals surface area contributed by atoms with Crippen LogP contribution in [0.4, 0.5) is 11.6 Å². The predicted molar refractivity (Wildman–Crippen MR) is 123 cm³/mol. The van der Waals surface area contributed by atoms with Gasteiger partial charge in [0.1, 0.15) is 0 Å². The molecule has 2 aromatic carbocycles. The first kappa shape index (κ1) is 22.3. The van der Waals surface area contributed by atoms with E-state index >= 15 is 0 Å². The summed E-state index contributed by atoms with van der Waals surface area (Å²) >= 11 is 4.89. The van der Waals surface area contributed by atoms with Gasteiger partial charge in [0.2, 0.25) is 11.9 Å². The van der Waals surface area contributed by atoms with E-state index in [0.29, 0.717) is 17.1 Å². The Labute approximate surface area is 187 Å². The Balaban J connectivity index is 1.53. The minimum atomic E-state index is -3.82. The van der Waals surface area contributed by atoms with Crippen LogP contribution in [-0.4, -0.2) is 30.0 Å². The first-order chi connectivity index (χ1) is 14.3. The largest absolute Gasteiger partial charge is 0.325 e. The number of nitrogens with zero attached hydrogens (tertiary/aromatic N) is 2. The Kier molecular flexibility index (Phi) is 7.46. The van der Waals surface area contributed by atoms with Crippen molar-refractivity contribution >= 4 is 55.3 Å². The summed E-state index contributed by atoms with van der Waals surface area (Å²) in [4.78, 5) is 20.1. The summed E-state index contributed by atoms with van der Waals surface area (Å²) in [6.45, 7) is 1.74. The minimum Gasteiger partial charge on any atom is -0.325 e. The number of sulfonamides is 1. The molecule has 1 amide bonds. The Morgan fingerprint density at radius 2 is 1.77 bits per heavy atom. The van der Waals surface area contributed by atoms with Crippen LogP contribution in [0.3, 0.4) is 0 Å². The zero-order chi connectivity index (χ0) is 21.6. The van der Waals surface area contributed by atoms with Gasteiger partial charge in [0.05, 0.1) is 10.6 Å². The van der Waals surface area contributed by atoms with Crippen molar-refractivity contribution < 1.29 is 13.2 Å². The second-order valence-electron chi connectivity index (χ2n) is 6.32.